The molecule has 0 atom stereocenters. The molecule has 78 valence electrons. The fraction of sp³-hybridized carbons (Fsp3) is 0.727. The van der Waals surface area contributed by atoms with Crippen LogP contribution < -0.4 is 0 Å². The maximum absolute atomic E-state index is 5.75. The minimum atomic E-state index is 0.469. The first-order valence-corrected chi connectivity index (χ1v) is 5.91. The van der Waals surface area contributed by atoms with Gasteiger partial charge in [-0.15, -0.1) is 11.6 Å². The highest BCUT2D eigenvalue weighted by Crippen LogP contribution is 2.29. The lowest BCUT2D eigenvalue weighted by Crippen LogP contribution is -1.97. The molecule has 0 unspecified atom stereocenters. The summed E-state index contributed by atoms with van der Waals surface area (Å²) in [6, 6.07) is 0. The van der Waals surface area contributed by atoms with Crippen LogP contribution in [0, 0.1) is 5.92 Å². The molecule has 0 N–H and O–H groups in total. The maximum Gasteiger partial charge on any atom is 0.181 e. The Morgan fingerprint density at radius 3 is 2.93 bits per heavy atom. The third kappa shape index (κ3) is 2.30. The van der Waals surface area contributed by atoms with Crippen molar-refractivity contribution in [3.05, 3.63) is 17.8 Å². The van der Waals surface area contributed by atoms with Crippen molar-refractivity contribution < 1.29 is 4.42 Å². The van der Waals surface area contributed by atoms with Gasteiger partial charge in [-0.3, -0.25) is 0 Å². The Balaban J connectivity index is 1.84. The van der Waals surface area contributed by atoms with Crippen molar-refractivity contribution in [1.29, 1.82) is 0 Å². The van der Waals surface area contributed by atoms with E-state index in [4.69, 9.17) is 16.0 Å². The number of hydrogen-bond acceptors (Lipinski definition) is 2. The molecule has 0 aliphatic heterocycles. The van der Waals surface area contributed by atoms with Gasteiger partial charge in [0.05, 0.1) is 11.6 Å². The highest BCUT2D eigenvalue weighted by molar-refractivity contribution is 6.16. The first kappa shape index (κ1) is 10.0. The molecule has 14 heavy (non-hydrogen) atoms. The van der Waals surface area contributed by atoms with Crippen LogP contribution in [-0.2, 0) is 12.3 Å². The largest absolute Gasteiger partial charge is 0.448 e. The third-order valence-corrected chi connectivity index (χ3v) is 3.36. The van der Waals surface area contributed by atoms with Crippen LogP contribution in [0.3, 0.4) is 0 Å². The average molecular weight is 214 g/mol. The molecule has 1 aromatic rings. The van der Waals surface area contributed by atoms with Gasteiger partial charge in [-0.05, 0) is 12.3 Å². The summed E-state index contributed by atoms with van der Waals surface area (Å²) in [4.78, 5) is 4.08. The number of alkyl halides is 1. The van der Waals surface area contributed by atoms with Crippen LogP contribution >= 0.6 is 11.6 Å². The lowest BCUT2D eigenvalue weighted by Gasteiger charge is -2.06. The van der Waals surface area contributed by atoms with Crippen molar-refractivity contribution in [2.75, 3.05) is 0 Å². The Morgan fingerprint density at radius 1 is 1.43 bits per heavy atom. The van der Waals surface area contributed by atoms with Gasteiger partial charge >= 0.3 is 0 Å². The summed E-state index contributed by atoms with van der Waals surface area (Å²) in [6.07, 6.45) is 9.34. The summed E-state index contributed by atoms with van der Waals surface area (Å²) in [7, 11) is 0. The van der Waals surface area contributed by atoms with Gasteiger partial charge in [-0.1, -0.05) is 25.7 Å². The maximum atomic E-state index is 5.75. The zero-order valence-electron chi connectivity index (χ0n) is 8.34. The van der Waals surface area contributed by atoms with Crippen molar-refractivity contribution >= 4 is 11.6 Å². The van der Waals surface area contributed by atoms with Crippen molar-refractivity contribution in [2.24, 2.45) is 5.92 Å². The van der Waals surface area contributed by atoms with Gasteiger partial charge in [-0.2, -0.15) is 0 Å². The minimum Gasteiger partial charge on any atom is -0.448 e. The summed E-state index contributed by atoms with van der Waals surface area (Å²) in [6.45, 7) is 0. The topological polar surface area (TPSA) is 26.0 Å². The first-order chi connectivity index (χ1) is 6.90. The van der Waals surface area contributed by atoms with E-state index in [1.807, 2.05) is 0 Å². The van der Waals surface area contributed by atoms with Crippen molar-refractivity contribution in [3.63, 3.8) is 0 Å². The summed E-state index contributed by atoms with van der Waals surface area (Å²) in [5.41, 5.74) is 0.921. The fourth-order valence-electron chi connectivity index (χ4n) is 2.24. The molecule has 1 aliphatic carbocycles. The SMILES string of the molecule is ClCc1ncoc1CCC1CCCC1. The van der Waals surface area contributed by atoms with Gasteiger partial charge in [0, 0.05) is 6.42 Å². The molecular formula is C11H16ClNO. The van der Waals surface area contributed by atoms with Crippen LogP contribution in [0.1, 0.15) is 43.6 Å². The van der Waals surface area contributed by atoms with Crippen LogP contribution in [0.25, 0.3) is 0 Å². The van der Waals surface area contributed by atoms with Gasteiger partial charge in [0.2, 0.25) is 0 Å². The third-order valence-electron chi connectivity index (χ3n) is 3.11. The Bertz CT molecular complexity index is 279. The zero-order valence-corrected chi connectivity index (χ0v) is 9.09. The summed E-state index contributed by atoms with van der Waals surface area (Å²) in [5, 5.41) is 0. The Morgan fingerprint density at radius 2 is 2.21 bits per heavy atom. The second-order valence-corrected chi connectivity index (χ2v) is 4.31. The molecular weight excluding hydrogens is 198 g/mol. The van der Waals surface area contributed by atoms with Crippen molar-refractivity contribution in [2.45, 2.75) is 44.4 Å². The molecule has 1 heterocycles. The van der Waals surface area contributed by atoms with E-state index >= 15 is 0 Å². The lowest BCUT2D eigenvalue weighted by atomic mass is 10.0. The van der Waals surface area contributed by atoms with Gasteiger partial charge in [0.15, 0.2) is 6.39 Å². The molecule has 0 bridgehead atoms. The van der Waals surface area contributed by atoms with Crippen LogP contribution in [0.5, 0.6) is 0 Å². The smallest absolute Gasteiger partial charge is 0.181 e. The average Bonchev–Trinajstić information content (AvgIpc) is 2.85. The molecule has 0 spiro atoms. The predicted molar refractivity (Wildman–Crippen MR) is 56.3 cm³/mol. The van der Waals surface area contributed by atoms with E-state index in [1.165, 1.54) is 38.5 Å². The second-order valence-electron chi connectivity index (χ2n) is 4.05. The van der Waals surface area contributed by atoms with E-state index in [0.717, 1.165) is 23.8 Å². The van der Waals surface area contributed by atoms with Gasteiger partial charge in [0.1, 0.15) is 5.76 Å². The van der Waals surface area contributed by atoms with Gasteiger partial charge in [-0.25, -0.2) is 4.98 Å². The zero-order chi connectivity index (χ0) is 9.80. The molecule has 0 saturated heterocycles. The highest BCUT2D eigenvalue weighted by atomic mass is 35.5. The monoisotopic (exact) mass is 213 g/mol. The van der Waals surface area contributed by atoms with Crippen molar-refractivity contribution in [1.82, 2.24) is 4.98 Å². The summed E-state index contributed by atoms with van der Waals surface area (Å²) >= 11 is 5.75. The Labute approximate surface area is 89.7 Å². The number of aryl methyl sites for hydroxylation is 1. The number of aromatic nitrogens is 1. The summed E-state index contributed by atoms with van der Waals surface area (Å²) in [5.74, 6) is 2.37. The second kappa shape index (κ2) is 4.83. The molecule has 0 amide bonds. The lowest BCUT2D eigenvalue weighted by molar-refractivity contribution is 0.444. The molecule has 0 aromatic carbocycles. The van der Waals surface area contributed by atoms with Gasteiger partial charge < -0.3 is 4.42 Å². The summed E-state index contributed by atoms with van der Waals surface area (Å²) < 4.78 is 5.32. The molecule has 2 rings (SSSR count). The molecule has 0 radical (unpaired) electrons. The number of oxazole rings is 1. The van der Waals surface area contributed by atoms with E-state index in [9.17, 15) is 0 Å². The minimum absolute atomic E-state index is 0.469. The molecule has 3 heteroatoms. The molecule has 1 aromatic heterocycles. The molecule has 1 aliphatic rings. The predicted octanol–water partition coefficient (Wildman–Crippen LogP) is 3.54. The number of hydrogen-bond donors (Lipinski definition) is 0. The van der Waals surface area contributed by atoms with E-state index in [2.05, 4.69) is 4.98 Å². The van der Waals surface area contributed by atoms with Crippen molar-refractivity contribution in [3.8, 4) is 0 Å². The van der Waals surface area contributed by atoms with E-state index < -0.39 is 0 Å². The van der Waals surface area contributed by atoms with Crippen LogP contribution in [0.15, 0.2) is 10.8 Å². The fourth-order valence-corrected chi connectivity index (χ4v) is 2.46. The normalized spacial score (nSPS) is 17.8. The Hall–Kier alpha value is -0.500. The standard InChI is InChI=1S/C11H16ClNO/c12-7-10-11(14-8-13-10)6-5-9-3-1-2-4-9/h8-9H,1-7H2. The number of rotatable bonds is 4. The molecule has 2 nitrogen and oxygen atoms in total. The van der Waals surface area contributed by atoms with Crippen LogP contribution in [0.2, 0.25) is 0 Å². The Kier molecular flexibility index (Phi) is 3.46. The van der Waals surface area contributed by atoms with E-state index in [-0.39, 0.29) is 0 Å². The number of nitrogens with zero attached hydrogens (tertiary/aromatic N) is 1. The highest BCUT2D eigenvalue weighted by Gasteiger charge is 2.16. The molecule has 1 fully saturated rings. The van der Waals surface area contributed by atoms with Gasteiger partial charge in [0.25, 0.3) is 0 Å². The number of halogens is 1. The van der Waals surface area contributed by atoms with E-state index in [1.54, 1.807) is 0 Å². The van der Waals surface area contributed by atoms with E-state index in [0.29, 0.717) is 5.88 Å². The first-order valence-electron chi connectivity index (χ1n) is 5.37. The van der Waals surface area contributed by atoms with Crippen LogP contribution in [-0.4, -0.2) is 4.98 Å². The molecule has 1 saturated carbocycles. The van der Waals surface area contributed by atoms with Crippen LogP contribution in [0.4, 0.5) is 0 Å². The quantitative estimate of drug-likeness (QED) is 0.716.